The molecule has 17 heavy (non-hydrogen) atoms. The first-order chi connectivity index (χ1) is 8.16. The maximum absolute atomic E-state index is 12.0. The van der Waals surface area contributed by atoms with E-state index in [-0.39, 0.29) is 12.1 Å². The van der Waals surface area contributed by atoms with Crippen molar-refractivity contribution in [3.05, 3.63) is 33.4 Å². The van der Waals surface area contributed by atoms with E-state index in [2.05, 4.69) is 34.5 Å². The topological polar surface area (TPSA) is 29.5 Å². The van der Waals surface area contributed by atoms with Crippen molar-refractivity contribution in [2.75, 3.05) is 20.1 Å². The SMILES string of the molecule is CN1CCC[C@@H](OC(=O)c2ccccc2I)C1. The van der Waals surface area contributed by atoms with E-state index in [0.717, 1.165) is 29.5 Å². The average molecular weight is 345 g/mol. The van der Waals surface area contributed by atoms with E-state index in [9.17, 15) is 4.79 Å². The van der Waals surface area contributed by atoms with Crippen LogP contribution in [0.1, 0.15) is 23.2 Å². The largest absolute Gasteiger partial charge is 0.457 e. The Morgan fingerprint density at radius 3 is 2.94 bits per heavy atom. The van der Waals surface area contributed by atoms with Crippen molar-refractivity contribution in [2.45, 2.75) is 18.9 Å². The number of likely N-dealkylation sites (N-methyl/N-ethyl adjacent to an activating group) is 1. The molecule has 1 heterocycles. The molecule has 4 heteroatoms. The van der Waals surface area contributed by atoms with Gasteiger partial charge in [-0.1, -0.05) is 12.1 Å². The van der Waals surface area contributed by atoms with Gasteiger partial charge in [0.15, 0.2) is 0 Å². The van der Waals surface area contributed by atoms with Crippen molar-refractivity contribution < 1.29 is 9.53 Å². The number of benzene rings is 1. The summed E-state index contributed by atoms with van der Waals surface area (Å²) in [6, 6.07) is 7.53. The molecule has 1 aliphatic heterocycles. The molecule has 1 aromatic carbocycles. The Balaban J connectivity index is 1.99. The Hall–Kier alpha value is -0.620. The molecule has 1 fully saturated rings. The van der Waals surface area contributed by atoms with Gasteiger partial charge in [-0.15, -0.1) is 0 Å². The summed E-state index contributed by atoms with van der Waals surface area (Å²) in [7, 11) is 2.06. The van der Waals surface area contributed by atoms with Crippen LogP contribution in [0.4, 0.5) is 0 Å². The van der Waals surface area contributed by atoms with Gasteiger partial charge in [0.1, 0.15) is 6.10 Å². The molecule has 2 rings (SSSR count). The number of carbonyl (C=O) groups is 1. The van der Waals surface area contributed by atoms with E-state index in [1.165, 1.54) is 0 Å². The second-order valence-corrected chi connectivity index (χ2v) is 5.57. The minimum absolute atomic E-state index is 0.0391. The summed E-state index contributed by atoms with van der Waals surface area (Å²) in [5.74, 6) is -0.199. The highest BCUT2D eigenvalue weighted by atomic mass is 127. The lowest BCUT2D eigenvalue weighted by atomic mass is 10.1. The number of nitrogens with zero attached hydrogens (tertiary/aromatic N) is 1. The molecule has 1 aromatic rings. The van der Waals surface area contributed by atoms with Gasteiger partial charge in [-0.25, -0.2) is 4.79 Å². The third kappa shape index (κ3) is 3.42. The van der Waals surface area contributed by atoms with Crippen molar-refractivity contribution in [2.24, 2.45) is 0 Å². The van der Waals surface area contributed by atoms with Crippen molar-refractivity contribution in [3.63, 3.8) is 0 Å². The first-order valence-corrected chi connectivity index (χ1v) is 6.89. The summed E-state index contributed by atoms with van der Waals surface area (Å²) < 4.78 is 6.49. The average Bonchev–Trinajstić information content (AvgIpc) is 2.29. The number of hydrogen-bond donors (Lipinski definition) is 0. The minimum Gasteiger partial charge on any atom is -0.457 e. The zero-order chi connectivity index (χ0) is 12.3. The fraction of sp³-hybridized carbons (Fsp3) is 0.462. The van der Waals surface area contributed by atoms with Gasteiger partial charge < -0.3 is 9.64 Å². The van der Waals surface area contributed by atoms with Crippen LogP contribution in [0.25, 0.3) is 0 Å². The minimum atomic E-state index is -0.199. The van der Waals surface area contributed by atoms with Gasteiger partial charge in [-0.2, -0.15) is 0 Å². The highest BCUT2D eigenvalue weighted by Gasteiger charge is 2.22. The van der Waals surface area contributed by atoms with E-state index >= 15 is 0 Å². The molecular weight excluding hydrogens is 329 g/mol. The third-order valence-corrected chi connectivity index (χ3v) is 3.89. The monoisotopic (exact) mass is 345 g/mol. The maximum atomic E-state index is 12.0. The first-order valence-electron chi connectivity index (χ1n) is 5.81. The van der Waals surface area contributed by atoms with Crippen molar-refractivity contribution in [1.82, 2.24) is 4.90 Å². The van der Waals surface area contributed by atoms with Crippen LogP contribution in [0, 0.1) is 3.57 Å². The van der Waals surface area contributed by atoms with Crippen LogP contribution >= 0.6 is 22.6 Å². The highest BCUT2D eigenvalue weighted by Crippen LogP contribution is 2.17. The Bertz CT molecular complexity index is 408. The van der Waals surface area contributed by atoms with Gasteiger partial charge in [0.2, 0.25) is 0 Å². The molecule has 0 aromatic heterocycles. The molecule has 92 valence electrons. The fourth-order valence-electron chi connectivity index (χ4n) is 2.06. The van der Waals surface area contributed by atoms with E-state index < -0.39 is 0 Å². The molecule has 0 amide bonds. The highest BCUT2D eigenvalue weighted by molar-refractivity contribution is 14.1. The third-order valence-electron chi connectivity index (χ3n) is 2.95. The molecule has 0 N–H and O–H groups in total. The fourth-order valence-corrected chi connectivity index (χ4v) is 2.66. The zero-order valence-electron chi connectivity index (χ0n) is 9.86. The number of hydrogen-bond acceptors (Lipinski definition) is 3. The van der Waals surface area contributed by atoms with Crippen LogP contribution in [0.3, 0.4) is 0 Å². The molecule has 0 unspecified atom stereocenters. The quantitative estimate of drug-likeness (QED) is 0.610. The summed E-state index contributed by atoms with van der Waals surface area (Å²) in [5, 5.41) is 0. The van der Waals surface area contributed by atoms with Gasteiger partial charge in [-0.05, 0) is 61.2 Å². The molecule has 0 bridgehead atoms. The van der Waals surface area contributed by atoms with Crippen LogP contribution < -0.4 is 0 Å². The Kier molecular flexibility index (Phi) is 4.39. The molecule has 1 atom stereocenters. The number of likely N-dealkylation sites (tertiary alicyclic amines) is 1. The Morgan fingerprint density at radius 1 is 1.47 bits per heavy atom. The molecule has 1 saturated heterocycles. The number of piperidine rings is 1. The predicted molar refractivity (Wildman–Crippen MR) is 75.1 cm³/mol. The van der Waals surface area contributed by atoms with Gasteiger partial charge in [-0.3, -0.25) is 0 Å². The van der Waals surface area contributed by atoms with Crippen molar-refractivity contribution >= 4 is 28.6 Å². The summed E-state index contributed by atoms with van der Waals surface area (Å²) in [6.45, 7) is 1.94. The lowest BCUT2D eigenvalue weighted by molar-refractivity contribution is 0.0107. The van der Waals surface area contributed by atoms with Gasteiger partial charge in [0, 0.05) is 10.1 Å². The van der Waals surface area contributed by atoms with Crippen molar-refractivity contribution in [1.29, 1.82) is 0 Å². The molecule has 0 aliphatic carbocycles. The maximum Gasteiger partial charge on any atom is 0.339 e. The number of carbonyl (C=O) groups excluding carboxylic acids is 1. The predicted octanol–water partition coefficient (Wildman–Crippen LogP) is 2.54. The first kappa shape index (κ1) is 12.8. The number of rotatable bonds is 2. The number of halogens is 1. The normalized spacial score (nSPS) is 21.2. The molecular formula is C13H16INO2. The van der Waals surface area contributed by atoms with Crippen LogP contribution in [-0.4, -0.2) is 37.1 Å². The van der Waals surface area contributed by atoms with Crippen LogP contribution in [0.2, 0.25) is 0 Å². The standard InChI is InChI=1S/C13H16INO2/c1-15-8-4-5-10(9-15)17-13(16)11-6-2-3-7-12(11)14/h2-3,6-7,10H,4-5,8-9H2,1H3/t10-/m1/s1. The van der Waals surface area contributed by atoms with Gasteiger partial charge in [0.25, 0.3) is 0 Å². The lowest BCUT2D eigenvalue weighted by Gasteiger charge is -2.29. The number of esters is 1. The van der Waals surface area contributed by atoms with Crippen molar-refractivity contribution in [3.8, 4) is 0 Å². The summed E-state index contributed by atoms with van der Waals surface area (Å²) in [4.78, 5) is 14.2. The van der Waals surface area contributed by atoms with Crippen LogP contribution in [0.15, 0.2) is 24.3 Å². The van der Waals surface area contributed by atoms with E-state index in [1.807, 2.05) is 24.3 Å². The summed E-state index contributed by atoms with van der Waals surface area (Å²) >= 11 is 2.16. The van der Waals surface area contributed by atoms with Gasteiger partial charge >= 0.3 is 5.97 Å². The molecule has 1 aliphatic rings. The van der Waals surface area contributed by atoms with Crippen LogP contribution in [0.5, 0.6) is 0 Å². The van der Waals surface area contributed by atoms with E-state index in [1.54, 1.807) is 0 Å². The molecule has 0 spiro atoms. The summed E-state index contributed by atoms with van der Waals surface area (Å²) in [6.07, 6.45) is 2.11. The zero-order valence-corrected chi connectivity index (χ0v) is 12.0. The van der Waals surface area contributed by atoms with Gasteiger partial charge in [0.05, 0.1) is 5.56 Å². The number of ether oxygens (including phenoxy) is 1. The lowest BCUT2D eigenvalue weighted by Crippen LogP contribution is -2.38. The molecule has 3 nitrogen and oxygen atoms in total. The molecule has 0 saturated carbocycles. The second kappa shape index (κ2) is 5.82. The second-order valence-electron chi connectivity index (χ2n) is 4.41. The smallest absolute Gasteiger partial charge is 0.339 e. The van der Waals surface area contributed by atoms with Crippen LogP contribution in [-0.2, 0) is 4.74 Å². The Labute approximate surface area is 115 Å². The van der Waals surface area contributed by atoms with E-state index in [0.29, 0.717) is 5.56 Å². The molecule has 0 radical (unpaired) electrons. The van der Waals surface area contributed by atoms with E-state index in [4.69, 9.17) is 4.74 Å². The summed E-state index contributed by atoms with van der Waals surface area (Å²) in [5.41, 5.74) is 0.668. The Morgan fingerprint density at radius 2 is 2.24 bits per heavy atom.